The van der Waals surface area contributed by atoms with Crippen molar-refractivity contribution in [3.8, 4) is 5.75 Å². The van der Waals surface area contributed by atoms with E-state index in [0.29, 0.717) is 36.1 Å². The van der Waals surface area contributed by atoms with Crippen LogP contribution in [-0.4, -0.2) is 71.9 Å². The molecule has 6 N–H and O–H groups in total. The number of likely N-dealkylation sites (tertiary alicyclic amines) is 1. The van der Waals surface area contributed by atoms with Gasteiger partial charge in [0.25, 0.3) is 0 Å². The molecule has 0 bridgehead atoms. The van der Waals surface area contributed by atoms with Crippen molar-refractivity contribution >= 4 is 16.9 Å². The molecule has 0 unspecified atom stereocenters. The molecule has 9 heteroatoms. The fourth-order valence-corrected chi connectivity index (χ4v) is 4.40. The number of nitrogens with one attached hydrogen (secondary N) is 4. The summed E-state index contributed by atoms with van der Waals surface area (Å²) >= 11 is 0. The molecule has 1 atom stereocenters. The Morgan fingerprint density at radius 2 is 1.71 bits per heavy atom. The number of unbranched alkanes of at least 4 members (excludes halogenated alkanes) is 2. The smallest absolute Gasteiger partial charge is 0.314 e. The van der Waals surface area contributed by atoms with Crippen LogP contribution in [0.1, 0.15) is 56.6 Å². The molecule has 188 valence electrons. The number of piperidine rings is 1. The third kappa shape index (κ3) is 8.30. The van der Waals surface area contributed by atoms with Crippen molar-refractivity contribution in [2.45, 2.75) is 51.0 Å². The van der Waals surface area contributed by atoms with E-state index in [1.165, 1.54) is 44.5 Å². The molecule has 2 amide bonds. The normalized spacial score (nSPS) is 15.3. The van der Waals surface area contributed by atoms with Gasteiger partial charge in [-0.15, -0.1) is 0 Å². The van der Waals surface area contributed by atoms with Crippen LogP contribution in [0.2, 0.25) is 0 Å². The number of aliphatic hydroxyl groups is 1. The second-order valence-electron chi connectivity index (χ2n) is 9.00. The standard InChI is InChI=1S/C25H39N5O4/c31-21-10-8-19(20-9-11-23(33)29-24(20)21)22(32)18-26-12-3-1-4-13-27-25(34)28-14-7-17-30-15-5-2-6-16-30/h8-11,22,26,31-32H,1-7,12-18H2,(H,29,33)(H2,27,28,34)/t22-/m0/s1. The summed E-state index contributed by atoms with van der Waals surface area (Å²) in [5.74, 6) is -0.0173. The number of aliphatic hydroxyl groups excluding tert-OH is 1. The molecular weight excluding hydrogens is 434 g/mol. The molecule has 1 aliphatic heterocycles. The van der Waals surface area contributed by atoms with Crippen LogP contribution in [0, 0.1) is 0 Å². The maximum Gasteiger partial charge on any atom is 0.314 e. The van der Waals surface area contributed by atoms with E-state index in [2.05, 4.69) is 25.8 Å². The van der Waals surface area contributed by atoms with Crippen LogP contribution in [0.15, 0.2) is 29.1 Å². The first-order valence-electron chi connectivity index (χ1n) is 12.5. The minimum Gasteiger partial charge on any atom is -0.506 e. The number of hydrogen-bond donors (Lipinski definition) is 6. The molecule has 0 saturated carbocycles. The van der Waals surface area contributed by atoms with Gasteiger partial charge in [0.1, 0.15) is 5.75 Å². The molecule has 0 aliphatic carbocycles. The molecule has 1 aliphatic rings. The van der Waals surface area contributed by atoms with Gasteiger partial charge in [-0.3, -0.25) is 4.79 Å². The highest BCUT2D eigenvalue weighted by molar-refractivity contribution is 5.87. The molecule has 2 heterocycles. The lowest BCUT2D eigenvalue weighted by atomic mass is 10.0. The molecule has 1 aromatic carbocycles. The molecule has 0 radical (unpaired) electrons. The van der Waals surface area contributed by atoms with Crippen LogP contribution < -0.4 is 21.5 Å². The summed E-state index contributed by atoms with van der Waals surface area (Å²) in [6.07, 6.45) is 6.98. The molecule has 2 aromatic rings. The minimum atomic E-state index is -0.755. The van der Waals surface area contributed by atoms with Crippen LogP contribution in [0.3, 0.4) is 0 Å². The second kappa shape index (κ2) is 13.9. The number of carbonyl (C=O) groups excluding carboxylic acids is 1. The first-order valence-corrected chi connectivity index (χ1v) is 12.5. The summed E-state index contributed by atoms with van der Waals surface area (Å²) in [6, 6.07) is 6.06. The molecule has 1 aromatic heterocycles. The van der Waals surface area contributed by atoms with Crippen molar-refractivity contribution in [1.82, 2.24) is 25.8 Å². The number of carbonyl (C=O) groups is 1. The third-order valence-electron chi connectivity index (χ3n) is 6.30. The molecule has 34 heavy (non-hydrogen) atoms. The topological polar surface area (TPSA) is 130 Å². The Hall–Kier alpha value is -2.62. The van der Waals surface area contributed by atoms with E-state index in [0.717, 1.165) is 38.8 Å². The summed E-state index contributed by atoms with van der Waals surface area (Å²) in [7, 11) is 0. The summed E-state index contributed by atoms with van der Waals surface area (Å²) in [4.78, 5) is 28.5. The first kappa shape index (κ1) is 26.0. The van der Waals surface area contributed by atoms with Crippen molar-refractivity contribution in [2.24, 2.45) is 0 Å². The molecular formula is C25H39N5O4. The van der Waals surface area contributed by atoms with Crippen LogP contribution in [-0.2, 0) is 0 Å². The Bertz CT molecular complexity index is 958. The highest BCUT2D eigenvalue weighted by Gasteiger charge is 2.13. The number of phenols is 1. The zero-order chi connectivity index (χ0) is 24.2. The minimum absolute atomic E-state index is 0.0173. The number of rotatable bonds is 13. The zero-order valence-electron chi connectivity index (χ0n) is 19.9. The maximum absolute atomic E-state index is 11.9. The van der Waals surface area contributed by atoms with E-state index < -0.39 is 6.10 Å². The van der Waals surface area contributed by atoms with Gasteiger partial charge in [-0.1, -0.05) is 18.9 Å². The third-order valence-corrected chi connectivity index (χ3v) is 6.30. The number of H-pyrrole nitrogens is 1. The fraction of sp³-hybridized carbons (Fsp3) is 0.600. The van der Waals surface area contributed by atoms with Crippen molar-refractivity contribution in [3.63, 3.8) is 0 Å². The van der Waals surface area contributed by atoms with E-state index in [1.54, 1.807) is 12.1 Å². The fourth-order valence-electron chi connectivity index (χ4n) is 4.40. The molecule has 1 fully saturated rings. The van der Waals surface area contributed by atoms with Crippen molar-refractivity contribution in [1.29, 1.82) is 0 Å². The van der Waals surface area contributed by atoms with Crippen LogP contribution in [0.25, 0.3) is 10.9 Å². The Kier molecular flexibility index (Phi) is 10.7. The van der Waals surface area contributed by atoms with Crippen LogP contribution >= 0.6 is 0 Å². The second-order valence-corrected chi connectivity index (χ2v) is 9.00. The van der Waals surface area contributed by atoms with E-state index >= 15 is 0 Å². The molecule has 1 saturated heterocycles. The Balaban J connectivity index is 1.21. The highest BCUT2D eigenvalue weighted by Crippen LogP contribution is 2.28. The van der Waals surface area contributed by atoms with Gasteiger partial charge in [0.15, 0.2) is 0 Å². The number of hydrogen-bond acceptors (Lipinski definition) is 6. The largest absolute Gasteiger partial charge is 0.506 e. The van der Waals surface area contributed by atoms with Gasteiger partial charge in [0.05, 0.1) is 11.6 Å². The van der Waals surface area contributed by atoms with Gasteiger partial charge in [-0.05, 0) is 76.0 Å². The van der Waals surface area contributed by atoms with Gasteiger partial charge in [0, 0.05) is 31.1 Å². The number of urea groups is 1. The van der Waals surface area contributed by atoms with E-state index in [1.807, 2.05) is 0 Å². The SMILES string of the molecule is O=C(NCCCCCNC[C@H](O)c1ccc(O)c2[nH]c(=O)ccc12)NCCCN1CCCCC1. The quantitative estimate of drug-likeness (QED) is 0.247. The highest BCUT2D eigenvalue weighted by atomic mass is 16.3. The maximum atomic E-state index is 11.9. The van der Waals surface area contributed by atoms with E-state index in [9.17, 15) is 19.8 Å². The molecule has 0 spiro atoms. The first-order chi connectivity index (χ1) is 16.5. The van der Waals surface area contributed by atoms with Gasteiger partial charge in [-0.25, -0.2) is 4.79 Å². The average molecular weight is 474 g/mol. The molecule has 9 nitrogen and oxygen atoms in total. The summed E-state index contributed by atoms with van der Waals surface area (Å²) in [5, 5.41) is 30.2. The average Bonchev–Trinajstić information content (AvgIpc) is 2.84. The van der Waals surface area contributed by atoms with Crippen LogP contribution in [0.4, 0.5) is 4.79 Å². The Morgan fingerprint density at radius 1 is 0.971 bits per heavy atom. The number of benzene rings is 1. The van der Waals surface area contributed by atoms with Crippen LogP contribution in [0.5, 0.6) is 5.75 Å². The number of phenolic OH excluding ortho intramolecular Hbond substituents is 1. The number of aromatic amines is 1. The zero-order valence-corrected chi connectivity index (χ0v) is 19.9. The lowest BCUT2D eigenvalue weighted by Crippen LogP contribution is -2.38. The number of aromatic nitrogens is 1. The van der Waals surface area contributed by atoms with Crippen molar-refractivity contribution < 1.29 is 15.0 Å². The Morgan fingerprint density at radius 3 is 2.50 bits per heavy atom. The van der Waals surface area contributed by atoms with E-state index in [4.69, 9.17) is 0 Å². The van der Waals surface area contributed by atoms with Gasteiger partial charge < -0.3 is 36.0 Å². The van der Waals surface area contributed by atoms with Gasteiger partial charge >= 0.3 is 6.03 Å². The lowest BCUT2D eigenvalue weighted by molar-refractivity contribution is 0.176. The van der Waals surface area contributed by atoms with Crippen molar-refractivity contribution in [2.75, 3.05) is 45.8 Å². The van der Waals surface area contributed by atoms with Gasteiger partial charge in [-0.2, -0.15) is 0 Å². The number of amides is 2. The summed E-state index contributed by atoms with van der Waals surface area (Å²) in [5.41, 5.74) is 0.692. The lowest BCUT2D eigenvalue weighted by Gasteiger charge is -2.26. The summed E-state index contributed by atoms with van der Waals surface area (Å²) in [6.45, 7) is 5.93. The summed E-state index contributed by atoms with van der Waals surface area (Å²) < 4.78 is 0. The number of nitrogens with zero attached hydrogens (tertiary/aromatic N) is 1. The van der Waals surface area contributed by atoms with Crippen molar-refractivity contribution in [3.05, 3.63) is 40.2 Å². The number of pyridine rings is 1. The predicted octanol–water partition coefficient (Wildman–Crippen LogP) is 2.20. The monoisotopic (exact) mass is 473 g/mol. The predicted molar refractivity (Wildman–Crippen MR) is 134 cm³/mol. The molecule has 3 rings (SSSR count). The Labute approximate surface area is 200 Å². The van der Waals surface area contributed by atoms with Gasteiger partial charge in [0.2, 0.25) is 5.56 Å². The number of fused-ring (bicyclic) bond motifs is 1. The number of aromatic hydroxyl groups is 1. The van der Waals surface area contributed by atoms with E-state index in [-0.39, 0.29) is 17.3 Å².